The minimum atomic E-state index is -0.312. The van der Waals surface area contributed by atoms with Crippen LogP contribution in [0, 0.1) is 5.82 Å². The van der Waals surface area contributed by atoms with Gasteiger partial charge in [-0.15, -0.1) is 0 Å². The van der Waals surface area contributed by atoms with Crippen molar-refractivity contribution in [3.05, 3.63) is 54.1 Å². The number of carbonyl (C=O) groups is 1. The number of aliphatic hydroxyl groups is 1. The van der Waals surface area contributed by atoms with E-state index in [-0.39, 0.29) is 30.4 Å². The van der Waals surface area contributed by atoms with Crippen LogP contribution in [0.3, 0.4) is 0 Å². The molecule has 7 nitrogen and oxygen atoms in total. The molecule has 2 fully saturated rings. The van der Waals surface area contributed by atoms with Crippen molar-refractivity contribution in [1.82, 2.24) is 19.8 Å². The smallest absolute Gasteiger partial charge is 0.237 e. The van der Waals surface area contributed by atoms with Gasteiger partial charge in [0.25, 0.3) is 0 Å². The third kappa shape index (κ3) is 4.42. The second-order valence-electron chi connectivity index (χ2n) is 10.4. The maximum Gasteiger partial charge on any atom is 0.237 e. The van der Waals surface area contributed by atoms with Gasteiger partial charge in [0.15, 0.2) is 0 Å². The molecule has 2 unspecified atom stereocenters. The Morgan fingerprint density at radius 1 is 1.19 bits per heavy atom. The average Bonchev–Trinajstić information content (AvgIpc) is 3.55. The zero-order valence-corrected chi connectivity index (χ0v) is 21.1. The fourth-order valence-corrected chi connectivity index (χ4v) is 6.49. The lowest BCUT2D eigenvalue weighted by atomic mass is 9.84. The molecule has 0 radical (unpaired) electrons. The van der Waals surface area contributed by atoms with Gasteiger partial charge in [-0.1, -0.05) is 12.5 Å². The first-order chi connectivity index (χ1) is 18.1. The number of fused-ring (bicyclic) bond motifs is 3. The predicted molar refractivity (Wildman–Crippen MR) is 141 cm³/mol. The molecule has 2 saturated heterocycles. The highest BCUT2D eigenvalue weighted by Crippen LogP contribution is 2.40. The maximum atomic E-state index is 14.1. The first-order valence-electron chi connectivity index (χ1n) is 13.2. The molecule has 0 spiro atoms. The number of hydrogen-bond acceptors (Lipinski definition) is 5. The molecule has 37 heavy (non-hydrogen) atoms. The lowest BCUT2D eigenvalue weighted by Crippen LogP contribution is -2.53. The van der Waals surface area contributed by atoms with E-state index in [1.165, 1.54) is 17.7 Å². The van der Waals surface area contributed by atoms with Crippen LogP contribution >= 0.6 is 0 Å². The predicted octanol–water partition coefficient (Wildman–Crippen LogP) is 4.37. The first-order valence-corrected chi connectivity index (χ1v) is 13.2. The van der Waals surface area contributed by atoms with Crippen molar-refractivity contribution in [2.45, 2.75) is 56.7 Å². The number of rotatable bonds is 6. The Morgan fingerprint density at radius 2 is 2.08 bits per heavy atom. The number of aliphatic hydroxyl groups excluding tert-OH is 1. The van der Waals surface area contributed by atoms with Gasteiger partial charge in [0.1, 0.15) is 17.2 Å². The van der Waals surface area contributed by atoms with Crippen molar-refractivity contribution in [3.63, 3.8) is 0 Å². The maximum absolute atomic E-state index is 14.1. The molecule has 3 aliphatic rings. The normalized spacial score (nSPS) is 23.9. The zero-order valence-electron chi connectivity index (χ0n) is 21.1. The van der Waals surface area contributed by atoms with Crippen LogP contribution in [0.25, 0.3) is 27.7 Å². The topological polar surface area (TPSA) is 81.7 Å². The summed E-state index contributed by atoms with van der Waals surface area (Å²) in [4.78, 5) is 25.4. The minimum absolute atomic E-state index is 0.0343. The van der Waals surface area contributed by atoms with Crippen LogP contribution in [0.2, 0.25) is 0 Å². The highest BCUT2D eigenvalue weighted by Gasteiger charge is 2.38. The van der Waals surface area contributed by atoms with E-state index in [9.17, 15) is 14.3 Å². The van der Waals surface area contributed by atoms with Gasteiger partial charge in [0.2, 0.25) is 5.91 Å². The number of halogens is 1. The number of pyridine rings is 1. The van der Waals surface area contributed by atoms with E-state index in [0.717, 1.165) is 67.4 Å². The Hall–Kier alpha value is -3.23. The van der Waals surface area contributed by atoms with Gasteiger partial charge in [-0.3, -0.25) is 9.69 Å². The second-order valence-corrected chi connectivity index (χ2v) is 10.4. The van der Waals surface area contributed by atoms with Crippen LogP contribution in [-0.4, -0.2) is 75.7 Å². The Bertz CT molecular complexity index is 1350. The first kappa shape index (κ1) is 24.1. The van der Waals surface area contributed by atoms with Crippen molar-refractivity contribution < 1.29 is 19.0 Å². The van der Waals surface area contributed by atoms with Gasteiger partial charge < -0.3 is 19.7 Å². The third-order valence-electron chi connectivity index (χ3n) is 8.34. The Morgan fingerprint density at radius 3 is 2.89 bits per heavy atom. The summed E-state index contributed by atoms with van der Waals surface area (Å²) in [5.41, 5.74) is 4.59. The summed E-state index contributed by atoms with van der Waals surface area (Å²) in [5, 5.41) is 10.6. The van der Waals surface area contributed by atoms with Crippen molar-refractivity contribution >= 4 is 22.5 Å². The van der Waals surface area contributed by atoms with Crippen LogP contribution < -0.4 is 4.74 Å². The standard InChI is InChI=1S/C29H33FN4O3/c1-37-27-8-7-19(30)14-24(27)23-9-10-31-29-25(23)15-26(32-29)18-12-20-4-2-5-21(13-18)34(20)16-28(36)33-11-3-6-22(33)17-35/h7-10,12,14-15,20-22,35H,2-6,11,13,16-17H2,1H3,(H,31,32)/t20?,21?,22-/m0/s1. The van der Waals surface area contributed by atoms with E-state index in [1.807, 2.05) is 11.0 Å². The number of nitrogens with zero attached hydrogens (tertiary/aromatic N) is 3. The van der Waals surface area contributed by atoms with Crippen LogP contribution in [0.15, 0.2) is 42.6 Å². The van der Waals surface area contributed by atoms with Gasteiger partial charge in [-0.2, -0.15) is 0 Å². The lowest BCUT2D eigenvalue weighted by Gasteiger charge is -2.45. The summed E-state index contributed by atoms with van der Waals surface area (Å²) in [6, 6.07) is 9.04. The summed E-state index contributed by atoms with van der Waals surface area (Å²) in [7, 11) is 1.59. The summed E-state index contributed by atoms with van der Waals surface area (Å²) in [6.45, 7) is 1.20. The van der Waals surface area contributed by atoms with Crippen molar-refractivity contribution in [2.75, 3.05) is 26.8 Å². The van der Waals surface area contributed by atoms with Crippen molar-refractivity contribution in [2.24, 2.45) is 0 Å². The monoisotopic (exact) mass is 504 g/mol. The Balaban J connectivity index is 1.30. The number of nitrogens with one attached hydrogen (secondary N) is 1. The number of H-pyrrole nitrogens is 1. The van der Waals surface area contributed by atoms with E-state index in [4.69, 9.17) is 4.74 Å². The molecule has 2 bridgehead atoms. The molecule has 194 valence electrons. The van der Waals surface area contributed by atoms with Gasteiger partial charge in [-0.05, 0) is 73.6 Å². The zero-order chi connectivity index (χ0) is 25.5. The highest BCUT2D eigenvalue weighted by molar-refractivity contribution is 5.96. The summed E-state index contributed by atoms with van der Waals surface area (Å²) < 4.78 is 19.6. The molecule has 2 N–H and O–H groups in total. The molecule has 0 aliphatic carbocycles. The molecule has 1 amide bonds. The van der Waals surface area contributed by atoms with Gasteiger partial charge in [0, 0.05) is 41.5 Å². The molecule has 3 aliphatic heterocycles. The number of ether oxygens (including phenoxy) is 1. The number of hydrogen-bond donors (Lipinski definition) is 2. The molecular weight excluding hydrogens is 471 g/mol. The van der Waals surface area contributed by atoms with Crippen molar-refractivity contribution in [1.29, 1.82) is 0 Å². The number of benzene rings is 1. The Labute approximate surface area is 215 Å². The summed E-state index contributed by atoms with van der Waals surface area (Å²) in [5.74, 6) is 0.437. The van der Waals surface area contributed by atoms with Gasteiger partial charge in [0.05, 0.1) is 26.3 Å². The average molecular weight is 505 g/mol. The fraction of sp³-hybridized carbons (Fsp3) is 0.448. The molecule has 3 atom stereocenters. The molecule has 5 heterocycles. The molecular formula is C29H33FN4O3. The van der Waals surface area contributed by atoms with Crippen LogP contribution in [0.1, 0.15) is 44.2 Å². The SMILES string of the molecule is COc1ccc(F)cc1-c1ccnc2[nH]c(C3=CC4CCCC(C3)N4CC(=O)N3CCC[C@H]3CO)cc12. The van der Waals surface area contributed by atoms with E-state index in [1.54, 1.807) is 19.4 Å². The lowest BCUT2D eigenvalue weighted by molar-refractivity contribution is -0.135. The molecule has 0 saturated carbocycles. The number of aromatic amines is 1. The third-order valence-corrected chi connectivity index (χ3v) is 8.34. The summed E-state index contributed by atoms with van der Waals surface area (Å²) >= 11 is 0. The van der Waals surface area contributed by atoms with Gasteiger partial charge in [-0.25, -0.2) is 9.37 Å². The largest absolute Gasteiger partial charge is 0.496 e. The number of methoxy groups -OCH3 is 1. The van der Waals surface area contributed by atoms with E-state index in [0.29, 0.717) is 23.9 Å². The summed E-state index contributed by atoms with van der Waals surface area (Å²) in [6.07, 6.45) is 10.0. The van der Waals surface area contributed by atoms with Crippen LogP contribution in [0.5, 0.6) is 5.75 Å². The van der Waals surface area contributed by atoms with Crippen LogP contribution in [-0.2, 0) is 4.79 Å². The number of aromatic nitrogens is 2. The number of amides is 1. The molecule has 8 heteroatoms. The van der Waals surface area contributed by atoms with Crippen LogP contribution in [0.4, 0.5) is 4.39 Å². The molecule has 6 rings (SSSR count). The highest BCUT2D eigenvalue weighted by atomic mass is 19.1. The van der Waals surface area contributed by atoms with E-state index in [2.05, 4.69) is 27.0 Å². The second kappa shape index (κ2) is 9.91. The van der Waals surface area contributed by atoms with E-state index < -0.39 is 0 Å². The molecule has 3 aromatic rings. The Kier molecular flexibility index (Phi) is 6.46. The fourth-order valence-electron chi connectivity index (χ4n) is 6.49. The number of piperidine rings is 1. The van der Waals surface area contributed by atoms with Gasteiger partial charge >= 0.3 is 0 Å². The number of carbonyl (C=O) groups excluding carboxylic acids is 1. The number of likely N-dealkylation sites (tertiary alicyclic amines) is 1. The molecule has 1 aromatic carbocycles. The van der Waals surface area contributed by atoms with Crippen molar-refractivity contribution in [3.8, 4) is 16.9 Å². The minimum Gasteiger partial charge on any atom is -0.496 e. The van der Waals surface area contributed by atoms with E-state index >= 15 is 0 Å². The molecule has 2 aromatic heterocycles. The quantitative estimate of drug-likeness (QED) is 0.521.